The van der Waals surface area contributed by atoms with E-state index in [4.69, 9.17) is 5.73 Å². The van der Waals surface area contributed by atoms with Gasteiger partial charge in [-0.1, -0.05) is 30.3 Å². The van der Waals surface area contributed by atoms with Crippen LogP contribution in [-0.2, 0) is 16.9 Å². The quantitative estimate of drug-likeness (QED) is 0.730. The van der Waals surface area contributed by atoms with Gasteiger partial charge in [0.05, 0.1) is 29.0 Å². The van der Waals surface area contributed by atoms with Gasteiger partial charge < -0.3 is 15.6 Å². The van der Waals surface area contributed by atoms with Crippen LogP contribution in [0.5, 0.6) is 0 Å². The predicted octanol–water partition coefficient (Wildman–Crippen LogP) is 2.98. The molecule has 1 heterocycles. The molecule has 0 aliphatic heterocycles. The van der Waals surface area contributed by atoms with E-state index in [9.17, 15) is 10.1 Å². The standard InChI is InChI=1S/C21H23N5O/c1-14(15-7-9-17(10-8-15)21(2,3)23)25-19(27)12-26-13-24-18-6-4-5-16(11-22)20(18)26/h4-10,13-14H,12,23H2,1-3H3,(H,25,27). The number of nitrogens with one attached hydrogen (secondary N) is 1. The molecule has 1 amide bonds. The van der Waals surface area contributed by atoms with Crippen molar-refractivity contribution in [3.8, 4) is 6.07 Å². The smallest absolute Gasteiger partial charge is 0.240 e. The number of imidazole rings is 1. The second-order valence-corrected chi connectivity index (χ2v) is 7.29. The van der Waals surface area contributed by atoms with Gasteiger partial charge in [-0.25, -0.2) is 4.98 Å². The summed E-state index contributed by atoms with van der Waals surface area (Å²) >= 11 is 0. The van der Waals surface area contributed by atoms with Crippen LogP contribution in [0.25, 0.3) is 11.0 Å². The monoisotopic (exact) mass is 361 g/mol. The molecule has 1 atom stereocenters. The number of para-hydroxylation sites is 1. The number of benzene rings is 2. The van der Waals surface area contributed by atoms with Crippen LogP contribution in [-0.4, -0.2) is 15.5 Å². The van der Waals surface area contributed by atoms with Crippen molar-refractivity contribution in [1.82, 2.24) is 14.9 Å². The van der Waals surface area contributed by atoms with Crippen molar-refractivity contribution < 1.29 is 4.79 Å². The highest BCUT2D eigenvalue weighted by molar-refractivity contribution is 5.84. The largest absolute Gasteiger partial charge is 0.348 e. The fourth-order valence-corrected chi connectivity index (χ4v) is 3.06. The van der Waals surface area contributed by atoms with Gasteiger partial charge in [0.15, 0.2) is 0 Å². The fraction of sp³-hybridized carbons (Fsp3) is 0.286. The molecule has 6 nitrogen and oxygen atoms in total. The number of amides is 1. The second kappa shape index (κ2) is 7.22. The summed E-state index contributed by atoms with van der Waals surface area (Å²) in [4.78, 5) is 16.8. The third kappa shape index (κ3) is 3.99. The Morgan fingerprint density at radius 1 is 1.30 bits per heavy atom. The number of rotatable bonds is 5. The molecule has 3 rings (SSSR count). The van der Waals surface area contributed by atoms with E-state index in [1.165, 1.54) is 0 Å². The van der Waals surface area contributed by atoms with Crippen LogP contribution in [0.1, 0.15) is 43.5 Å². The van der Waals surface area contributed by atoms with Gasteiger partial charge in [0, 0.05) is 5.54 Å². The molecule has 1 aromatic heterocycles. The maximum Gasteiger partial charge on any atom is 0.240 e. The van der Waals surface area contributed by atoms with E-state index < -0.39 is 5.54 Å². The minimum absolute atomic E-state index is 0.105. The summed E-state index contributed by atoms with van der Waals surface area (Å²) in [5, 5.41) is 12.3. The Labute approximate surface area is 158 Å². The molecule has 0 aliphatic carbocycles. The summed E-state index contributed by atoms with van der Waals surface area (Å²) in [6, 6.07) is 15.3. The van der Waals surface area contributed by atoms with Gasteiger partial charge in [-0.3, -0.25) is 4.79 Å². The van der Waals surface area contributed by atoms with E-state index in [2.05, 4.69) is 16.4 Å². The highest BCUT2D eigenvalue weighted by atomic mass is 16.2. The summed E-state index contributed by atoms with van der Waals surface area (Å²) < 4.78 is 1.70. The average Bonchev–Trinajstić information content (AvgIpc) is 3.04. The lowest BCUT2D eigenvalue weighted by atomic mass is 9.94. The molecule has 6 heteroatoms. The number of hydrogen-bond donors (Lipinski definition) is 2. The molecular weight excluding hydrogens is 338 g/mol. The first-order valence-corrected chi connectivity index (χ1v) is 8.82. The van der Waals surface area contributed by atoms with Crippen LogP contribution in [0.15, 0.2) is 48.8 Å². The summed E-state index contributed by atoms with van der Waals surface area (Å²) in [6.45, 7) is 5.96. The Hall–Kier alpha value is -3.17. The molecule has 0 fully saturated rings. The normalized spacial score (nSPS) is 12.6. The van der Waals surface area contributed by atoms with E-state index in [0.717, 1.165) is 11.1 Å². The number of fused-ring (bicyclic) bond motifs is 1. The van der Waals surface area contributed by atoms with Gasteiger partial charge in [-0.05, 0) is 44.0 Å². The van der Waals surface area contributed by atoms with E-state index >= 15 is 0 Å². The maximum absolute atomic E-state index is 12.5. The summed E-state index contributed by atoms with van der Waals surface area (Å²) in [7, 11) is 0. The topological polar surface area (TPSA) is 96.7 Å². The Morgan fingerprint density at radius 2 is 2.00 bits per heavy atom. The van der Waals surface area contributed by atoms with Gasteiger partial charge in [-0.15, -0.1) is 0 Å². The highest BCUT2D eigenvalue weighted by Crippen LogP contribution is 2.21. The number of carbonyl (C=O) groups is 1. The molecule has 0 radical (unpaired) electrons. The molecule has 27 heavy (non-hydrogen) atoms. The predicted molar refractivity (Wildman–Crippen MR) is 105 cm³/mol. The Morgan fingerprint density at radius 3 is 2.63 bits per heavy atom. The number of carbonyl (C=O) groups excluding carboxylic acids is 1. The van der Waals surface area contributed by atoms with Crippen molar-refractivity contribution >= 4 is 16.9 Å². The van der Waals surface area contributed by atoms with Crippen molar-refractivity contribution in [1.29, 1.82) is 5.26 Å². The van der Waals surface area contributed by atoms with E-state index in [-0.39, 0.29) is 18.5 Å². The van der Waals surface area contributed by atoms with Crippen LogP contribution >= 0.6 is 0 Å². The first-order valence-electron chi connectivity index (χ1n) is 8.82. The molecule has 0 aliphatic rings. The lowest BCUT2D eigenvalue weighted by Crippen LogP contribution is -2.30. The molecule has 3 aromatic rings. The lowest BCUT2D eigenvalue weighted by Gasteiger charge is -2.21. The van der Waals surface area contributed by atoms with Gasteiger partial charge in [0.2, 0.25) is 5.91 Å². The Kier molecular flexibility index (Phi) is 4.98. The number of nitrogens with two attached hydrogens (primary N) is 1. The summed E-state index contributed by atoms with van der Waals surface area (Å²) in [5.41, 5.74) is 9.64. The summed E-state index contributed by atoms with van der Waals surface area (Å²) in [6.07, 6.45) is 1.59. The molecule has 3 N–H and O–H groups in total. The van der Waals surface area contributed by atoms with Crippen LogP contribution in [0.2, 0.25) is 0 Å². The Balaban J connectivity index is 1.72. The van der Waals surface area contributed by atoms with Crippen LogP contribution in [0.4, 0.5) is 0 Å². The SMILES string of the molecule is CC(NC(=O)Cn1cnc2cccc(C#N)c21)c1ccc(C(C)(C)N)cc1. The fourth-order valence-electron chi connectivity index (χ4n) is 3.06. The van der Waals surface area contributed by atoms with E-state index in [1.54, 1.807) is 23.0 Å². The zero-order chi connectivity index (χ0) is 19.6. The van der Waals surface area contributed by atoms with E-state index in [1.807, 2.05) is 51.1 Å². The number of hydrogen-bond acceptors (Lipinski definition) is 4. The minimum Gasteiger partial charge on any atom is -0.348 e. The second-order valence-electron chi connectivity index (χ2n) is 7.29. The average molecular weight is 361 g/mol. The van der Waals surface area contributed by atoms with E-state index in [0.29, 0.717) is 16.6 Å². The van der Waals surface area contributed by atoms with Gasteiger partial charge in [0.25, 0.3) is 0 Å². The first-order chi connectivity index (χ1) is 12.8. The van der Waals surface area contributed by atoms with Crippen molar-refractivity contribution in [2.45, 2.75) is 38.9 Å². The zero-order valence-corrected chi connectivity index (χ0v) is 15.7. The minimum atomic E-state index is -0.397. The number of nitriles is 1. The number of nitrogens with zero attached hydrogens (tertiary/aromatic N) is 3. The molecule has 0 bridgehead atoms. The zero-order valence-electron chi connectivity index (χ0n) is 15.7. The molecule has 0 saturated carbocycles. The maximum atomic E-state index is 12.5. The van der Waals surface area contributed by atoms with Crippen molar-refractivity contribution in [3.63, 3.8) is 0 Å². The van der Waals surface area contributed by atoms with Gasteiger partial charge in [-0.2, -0.15) is 5.26 Å². The molecule has 138 valence electrons. The molecule has 0 saturated heterocycles. The third-order valence-corrected chi connectivity index (χ3v) is 4.60. The van der Waals surface area contributed by atoms with Crippen LogP contribution < -0.4 is 11.1 Å². The van der Waals surface area contributed by atoms with Gasteiger partial charge in [0.1, 0.15) is 12.6 Å². The van der Waals surface area contributed by atoms with Crippen molar-refractivity contribution in [2.75, 3.05) is 0 Å². The number of aromatic nitrogens is 2. The molecular formula is C21H23N5O. The van der Waals surface area contributed by atoms with Crippen molar-refractivity contribution in [3.05, 3.63) is 65.5 Å². The summed E-state index contributed by atoms with van der Waals surface area (Å²) in [5.74, 6) is -0.141. The molecule has 2 aromatic carbocycles. The first kappa shape index (κ1) is 18.6. The lowest BCUT2D eigenvalue weighted by molar-refractivity contribution is -0.122. The van der Waals surface area contributed by atoms with Crippen molar-refractivity contribution in [2.24, 2.45) is 5.73 Å². The molecule has 1 unspecified atom stereocenters. The Bertz CT molecular complexity index is 1010. The third-order valence-electron chi connectivity index (χ3n) is 4.60. The highest BCUT2D eigenvalue weighted by Gasteiger charge is 2.16. The van der Waals surface area contributed by atoms with Crippen LogP contribution in [0.3, 0.4) is 0 Å². The van der Waals surface area contributed by atoms with Crippen LogP contribution in [0, 0.1) is 11.3 Å². The van der Waals surface area contributed by atoms with Gasteiger partial charge >= 0.3 is 0 Å². The molecule has 0 spiro atoms.